The largest absolute Gasteiger partial charge is 0.456 e. The molecule has 8 aromatic carbocycles. The lowest BCUT2D eigenvalue weighted by molar-refractivity contribution is 0.669. The van der Waals surface area contributed by atoms with Gasteiger partial charge in [0, 0.05) is 60.0 Å². The summed E-state index contributed by atoms with van der Waals surface area (Å²) in [6.45, 7) is 0. The molecule has 4 heterocycles. The number of para-hydroxylation sites is 4. The van der Waals surface area contributed by atoms with Gasteiger partial charge < -0.3 is 8.83 Å². The molecular weight excluding hydrogens is 677 g/mol. The highest BCUT2D eigenvalue weighted by molar-refractivity contribution is 6.22. The Hall–Kier alpha value is -7.57. The van der Waals surface area contributed by atoms with Crippen LogP contribution in [0.5, 0.6) is 0 Å². The molecule has 4 aromatic heterocycles. The summed E-state index contributed by atoms with van der Waals surface area (Å²) in [5.74, 6) is 1.66. The van der Waals surface area contributed by atoms with Crippen LogP contribution in [0.25, 0.3) is 116 Å². The van der Waals surface area contributed by atoms with E-state index in [2.05, 4.69) is 108 Å². The van der Waals surface area contributed by atoms with Gasteiger partial charge in [0.25, 0.3) is 0 Å². The van der Waals surface area contributed by atoms with E-state index in [1.165, 1.54) is 0 Å². The second-order valence-electron chi connectivity index (χ2n) is 14.0. The molecule has 0 aliphatic carbocycles. The highest BCUT2D eigenvalue weighted by Gasteiger charge is 2.24. The molecule has 0 N–H and O–H groups in total. The summed E-state index contributed by atoms with van der Waals surface area (Å²) in [5.41, 5.74) is 9.12. The van der Waals surface area contributed by atoms with Crippen molar-refractivity contribution in [2.24, 2.45) is 0 Å². The maximum Gasteiger partial charge on any atom is 0.238 e. The van der Waals surface area contributed by atoms with Gasteiger partial charge in [0.05, 0.1) is 11.0 Å². The Balaban J connectivity index is 1.21. The molecule has 0 atom stereocenters. The van der Waals surface area contributed by atoms with E-state index >= 15 is 0 Å². The second-order valence-corrected chi connectivity index (χ2v) is 14.0. The Morgan fingerprint density at radius 3 is 1.80 bits per heavy atom. The second kappa shape index (κ2) is 11.5. The first-order chi connectivity index (χ1) is 27.3. The van der Waals surface area contributed by atoms with E-state index in [1.54, 1.807) is 0 Å². The van der Waals surface area contributed by atoms with Crippen LogP contribution in [-0.2, 0) is 0 Å². The average molecular weight is 705 g/mol. The predicted molar refractivity (Wildman–Crippen MR) is 223 cm³/mol. The molecule has 0 spiro atoms. The first-order valence-corrected chi connectivity index (χ1v) is 18.4. The maximum absolute atomic E-state index is 6.63. The van der Waals surface area contributed by atoms with Gasteiger partial charge in [-0.1, -0.05) is 146 Å². The summed E-state index contributed by atoms with van der Waals surface area (Å²) >= 11 is 0. The van der Waals surface area contributed by atoms with E-state index in [4.69, 9.17) is 23.8 Å². The molecule has 12 aromatic rings. The van der Waals surface area contributed by atoms with E-state index in [9.17, 15) is 0 Å². The van der Waals surface area contributed by atoms with Gasteiger partial charge in [-0.15, -0.1) is 0 Å². The number of aromatic nitrogens is 4. The monoisotopic (exact) mass is 704 g/mol. The molecular formula is C49H28N4O2. The fourth-order valence-corrected chi connectivity index (χ4v) is 8.38. The van der Waals surface area contributed by atoms with E-state index < -0.39 is 0 Å². The van der Waals surface area contributed by atoms with Crippen LogP contribution in [0, 0.1) is 0 Å². The van der Waals surface area contributed by atoms with Crippen molar-refractivity contribution in [3.8, 4) is 39.9 Å². The molecule has 0 bridgehead atoms. The minimum atomic E-state index is 0.522. The smallest absolute Gasteiger partial charge is 0.238 e. The lowest BCUT2D eigenvalue weighted by atomic mass is 9.99. The van der Waals surface area contributed by atoms with Crippen molar-refractivity contribution in [1.82, 2.24) is 19.5 Å². The van der Waals surface area contributed by atoms with Crippen molar-refractivity contribution in [2.75, 3.05) is 0 Å². The van der Waals surface area contributed by atoms with Crippen LogP contribution in [0.2, 0.25) is 0 Å². The van der Waals surface area contributed by atoms with E-state index in [0.29, 0.717) is 17.6 Å². The normalized spacial score (nSPS) is 12.0. The lowest BCUT2D eigenvalue weighted by Gasteiger charge is -2.14. The first-order valence-electron chi connectivity index (χ1n) is 18.4. The molecule has 6 heteroatoms. The van der Waals surface area contributed by atoms with Crippen LogP contribution in [-0.4, -0.2) is 19.5 Å². The van der Waals surface area contributed by atoms with E-state index in [0.717, 1.165) is 98.7 Å². The van der Waals surface area contributed by atoms with Gasteiger partial charge in [-0.2, -0.15) is 9.97 Å². The van der Waals surface area contributed by atoms with Crippen LogP contribution >= 0.6 is 0 Å². The zero-order valence-electron chi connectivity index (χ0n) is 29.3. The van der Waals surface area contributed by atoms with Crippen molar-refractivity contribution in [1.29, 1.82) is 0 Å². The molecule has 12 rings (SSSR count). The number of hydrogen-bond acceptors (Lipinski definition) is 5. The Morgan fingerprint density at radius 1 is 0.364 bits per heavy atom. The average Bonchev–Trinajstić information content (AvgIpc) is 3.93. The van der Waals surface area contributed by atoms with Crippen molar-refractivity contribution in [3.63, 3.8) is 0 Å². The summed E-state index contributed by atoms with van der Waals surface area (Å²) in [4.78, 5) is 15.8. The maximum atomic E-state index is 6.63. The third-order valence-electron chi connectivity index (χ3n) is 10.9. The zero-order chi connectivity index (χ0) is 36.0. The summed E-state index contributed by atoms with van der Waals surface area (Å²) in [7, 11) is 0. The van der Waals surface area contributed by atoms with Gasteiger partial charge in [-0.3, -0.25) is 4.57 Å². The van der Waals surface area contributed by atoms with Gasteiger partial charge in [-0.25, -0.2) is 4.98 Å². The van der Waals surface area contributed by atoms with Gasteiger partial charge in [0.15, 0.2) is 11.6 Å². The minimum Gasteiger partial charge on any atom is -0.456 e. The Bertz CT molecular complexity index is 3500. The topological polar surface area (TPSA) is 69.9 Å². The molecule has 0 aliphatic heterocycles. The Labute approximate surface area is 313 Å². The third kappa shape index (κ3) is 4.46. The molecule has 55 heavy (non-hydrogen) atoms. The molecule has 0 unspecified atom stereocenters. The number of rotatable bonds is 4. The van der Waals surface area contributed by atoms with Crippen LogP contribution < -0.4 is 0 Å². The third-order valence-corrected chi connectivity index (χ3v) is 10.9. The molecule has 0 amide bonds. The highest BCUT2D eigenvalue weighted by atomic mass is 16.3. The summed E-state index contributed by atoms with van der Waals surface area (Å²) in [5, 5.41) is 8.74. The summed E-state index contributed by atoms with van der Waals surface area (Å²) in [6, 6.07) is 58.5. The first kappa shape index (κ1) is 29.9. The minimum absolute atomic E-state index is 0.522. The molecule has 0 saturated heterocycles. The van der Waals surface area contributed by atoms with Crippen LogP contribution in [0.3, 0.4) is 0 Å². The molecule has 0 aliphatic rings. The fourth-order valence-electron chi connectivity index (χ4n) is 8.38. The van der Waals surface area contributed by atoms with E-state index in [-0.39, 0.29) is 0 Å². The van der Waals surface area contributed by atoms with Crippen LogP contribution in [0.4, 0.5) is 0 Å². The number of hydrogen-bond donors (Lipinski definition) is 0. The molecule has 0 saturated carbocycles. The Morgan fingerprint density at radius 2 is 0.964 bits per heavy atom. The molecule has 0 radical (unpaired) electrons. The lowest BCUT2D eigenvalue weighted by Crippen LogP contribution is -2.07. The van der Waals surface area contributed by atoms with Crippen molar-refractivity contribution >= 4 is 76.5 Å². The quantitative estimate of drug-likeness (QED) is 0.182. The van der Waals surface area contributed by atoms with Gasteiger partial charge >= 0.3 is 0 Å². The van der Waals surface area contributed by atoms with Gasteiger partial charge in [-0.05, 0) is 29.7 Å². The van der Waals surface area contributed by atoms with E-state index in [1.807, 2.05) is 66.7 Å². The number of furan rings is 2. The standard InChI is InChI=1S/C49H28N4O2/c1-2-13-30(14-3-1)47-50-48(31-25-26-35-33-16-6-8-22-41(33)54-43(35)28-31)52-49(51-47)53-44-32-15-5-4-12-29(32)24-27-38(44)36-18-10-19-37(45(36)53)40-21-11-20-39-34-17-7-9-23-42(34)55-46(39)40/h1-28H. The van der Waals surface area contributed by atoms with Crippen LogP contribution in [0.1, 0.15) is 0 Å². The van der Waals surface area contributed by atoms with Gasteiger partial charge in [0.1, 0.15) is 22.3 Å². The van der Waals surface area contributed by atoms with Gasteiger partial charge in [0.2, 0.25) is 5.95 Å². The zero-order valence-corrected chi connectivity index (χ0v) is 29.3. The predicted octanol–water partition coefficient (Wildman–Crippen LogP) is 12.9. The fraction of sp³-hybridized carbons (Fsp3) is 0. The van der Waals surface area contributed by atoms with Crippen molar-refractivity contribution in [2.45, 2.75) is 0 Å². The summed E-state index contributed by atoms with van der Waals surface area (Å²) in [6.07, 6.45) is 0. The molecule has 6 nitrogen and oxygen atoms in total. The number of benzene rings is 8. The van der Waals surface area contributed by atoms with Crippen LogP contribution in [0.15, 0.2) is 179 Å². The molecule has 0 fully saturated rings. The Kier molecular flexibility index (Phi) is 6.24. The van der Waals surface area contributed by atoms with Crippen molar-refractivity contribution < 1.29 is 8.83 Å². The number of fused-ring (bicyclic) bond motifs is 11. The molecule has 256 valence electrons. The van der Waals surface area contributed by atoms with Crippen molar-refractivity contribution in [3.05, 3.63) is 170 Å². The SMILES string of the molecule is c1ccc(-c2nc(-c3ccc4c(c3)oc3ccccc34)nc(-n3c4c(-c5cccc6c5oc5ccccc56)cccc4c4ccc5ccccc5c43)n2)cc1. The summed E-state index contributed by atoms with van der Waals surface area (Å²) < 4.78 is 15.2. The highest BCUT2D eigenvalue weighted by Crippen LogP contribution is 2.44. The number of nitrogens with zero attached hydrogens (tertiary/aromatic N) is 4.